The fourth-order valence-electron chi connectivity index (χ4n) is 2.71. The highest BCUT2D eigenvalue weighted by atomic mass is 32.1. The van der Waals surface area contributed by atoms with Crippen molar-refractivity contribution in [2.45, 2.75) is 38.5 Å². The maximum absolute atomic E-state index is 12.1. The summed E-state index contributed by atoms with van der Waals surface area (Å²) in [6.07, 6.45) is 5.19. The van der Waals surface area contributed by atoms with Crippen molar-refractivity contribution in [2.24, 2.45) is 0 Å². The summed E-state index contributed by atoms with van der Waals surface area (Å²) < 4.78 is 5.80. The number of hydrogen-bond donors (Lipinski definition) is 2. The third-order valence-electron chi connectivity index (χ3n) is 4.08. The highest BCUT2D eigenvalue weighted by molar-refractivity contribution is 7.08. The molecule has 0 aromatic carbocycles. The number of aryl methyl sites for hydroxylation is 1. The summed E-state index contributed by atoms with van der Waals surface area (Å²) in [5.41, 5.74) is 3.46. The van der Waals surface area contributed by atoms with Gasteiger partial charge in [0.05, 0.1) is 6.10 Å². The Morgan fingerprint density at radius 1 is 1.48 bits per heavy atom. The summed E-state index contributed by atoms with van der Waals surface area (Å²) in [6.45, 7) is 3.27. The summed E-state index contributed by atoms with van der Waals surface area (Å²) >= 11 is 1.66. The van der Waals surface area contributed by atoms with E-state index >= 15 is 0 Å². The molecule has 1 aliphatic heterocycles. The van der Waals surface area contributed by atoms with Gasteiger partial charge in [0.25, 0.3) is 0 Å². The van der Waals surface area contributed by atoms with Crippen LogP contribution in [0.5, 0.6) is 0 Å². The van der Waals surface area contributed by atoms with Crippen molar-refractivity contribution >= 4 is 17.4 Å². The number of aromatic nitrogens is 1. The summed E-state index contributed by atoms with van der Waals surface area (Å²) in [5, 5.41) is 10.1. The van der Waals surface area contributed by atoms with Gasteiger partial charge in [0.1, 0.15) is 0 Å². The molecule has 0 aliphatic carbocycles. The van der Waals surface area contributed by atoms with Crippen molar-refractivity contribution in [1.29, 1.82) is 0 Å². The number of amides is 2. The monoisotopic (exact) mass is 331 g/mol. The van der Waals surface area contributed by atoms with Gasteiger partial charge in [-0.15, -0.1) is 0 Å². The fourth-order valence-corrected chi connectivity index (χ4v) is 3.56. The van der Waals surface area contributed by atoms with Crippen LogP contribution in [0.4, 0.5) is 4.79 Å². The number of nitrogens with zero attached hydrogens (tertiary/aromatic N) is 1. The number of carbonyl (C=O) groups excluding carboxylic acids is 1. The Labute approximate surface area is 140 Å². The lowest BCUT2D eigenvalue weighted by molar-refractivity contribution is 0.00207. The first kappa shape index (κ1) is 16.0. The first-order valence-corrected chi connectivity index (χ1v) is 8.74. The Kier molecular flexibility index (Phi) is 5.25. The van der Waals surface area contributed by atoms with E-state index in [4.69, 9.17) is 4.74 Å². The molecule has 5 nitrogen and oxygen atoms in total. The van der Waals surface area contributed by atoms with Crippen LogP contribution in [0.2, 0.25) is 0 Å². The van der Waals surface area contributed by atoms with Gasteiger partial charge in [-0.3, -0.25) is 4.98 Å². The third kappa shape index (κ3) is 4.30. The Hall–Kier alpha value is -1.92. The lowest BCUT2D eigenvalue weighted by Gasteiger charge is -2.30. The second-order valence-electron chi connectivity index (χ2n) is 5.77. The van der Waals surface area contributed by atoms with Crippen molar-refractivity contribution < 1.29 is 9.53 Å². The zero-order valence-electron chi connectivity index (χ0n) is 13.1. The van der Waals surface area contributed by atoms with Crippen LogP contribution in [-0.4, -0.2) is 23.7 Å². The van der Waals surface area contributed by atoms with Gasteiger partial charge in [-0.25, -0.2) is 4.79 Å². The van der Waals surface area contributed by atoms with Crippen molar-refractivity contribution in [1.82, 2.24) is 15.6 Å². The molecule has 2 N–H and O–H groups in total. The summed E-state index contributed by atoms with van der Waals surface area (Å²) in [4.78, 5) is 16.2. The normalized spacial score (nSPS) is 20.9. The Morgan fingerprint density at radius 3 is 3.13 bits per heavy atom. The molecular weight excluding hydrogens is 310 g/mol. The van der Waals surface area contributed by atoms with Gasteiger partial charge in [-0.05, 0) is 53.3 Å². The van der Waals surface area contributed by atoms with E-state index in [0.29, 0.717) is 13.2 Å². The Bertz CT molecular complexity index is 644. The number of carbonyl (C=O) groups is 1. The first-order valence-electron chi connectivity index (χ1n) is 7.80. The second-order valence-corrected chi connectivity index (χ2v) is 6.52. The number of pyridine rings is 1. The molecule has 3 rings (SSSR count). The molecule has 2 atom stereocenters. The van der Waals surface area contributed by atoms with Crippen LogP contribution in [0.25, 0.3) is 0 Å². The Morgan fingerprint density at radius 2 is 2.39 bits per heavy atom. The van der Waals surface area contributed by atoms with Crippen LogP contribution >= 0.6 is 11.3 Å². The average Bonchev–Trinajstić information content (AvgIpc) is 2.99. The van der Waals surface area contributed by atoms with Crippen LogP contribution < -0.4 is 10.6 Å². The Balaban J connectivity index is 1.49. The van der Waals surface area contributed by atoms with Gasteiger partial charge in [-0.2, -0.15) is 11.3 Å². The lowest BCUT2D eigenvalue weighted by Crippen LogP contribution is -2.44. The number of rotatable bonds is 4. The zero-order chi connectivity index (χ0) is 16.1. The van der Waals surface area contributed by atoms with E-state index in [1.807, 2.05) is 18.3 Å². The summed E-state index contributed by atoms with van der Waals surface area (Å²) in [6, 6.07) is 3.93. The van der Waals surface area contributed by atoms with Gasteiger partial charge in [0.2, 0.25) is 0 Å². The molecule has 0 spiro atoms. The molecule has 0 radical (unpaired) electrons. The van der Waals surface area contributed by atoms with Crippen LogP contribution in [0.15, 0.2) is 35.3 Å². The number of ether oxygens (including phenoxy) is 1. The van der Waals surface area contributed by atoms with Crippen molar-refractivity contribution in [2.75, 3.05) is 6.61 Å². The van der Waals surface area contributed by atoms with E-state index in [2.05, 4.69) is 33.3 Å². The van der Waals surface area contributed by atoms with E-state index in [-0.39, 0.29) is 18.2 Å². The minimum absolute atomic E-state index is 0.00173. The molecule has 1 fully saturated rings. The van der Waals surface area contributed by atoms with Gasteiger partial charge >= 0.3 is 6.03 Å². The third-order valence-corrected chi connectivity index (χ3v) is 4.99. The minimum atomic E-state index is -0.118. The highest BCUT2D eigenvalue weighted by Crippen LogP contribution is 2.27. The lowest BCUT2D eigenvalue weighted by atomic mass is 9.99. The SMILES string of the molecule is Cc1cscc1CNC(=O)NC1CCOC(c2cccnc2)C1. The molecule has 3 heterocycles. The van der Waals surface area contributed by atoms with Crippen molar-refractivity contribution in [3.8, 4) is 0 Å². The zero-order valence-corrected chi connectivity index (χ0v) is 13.9. The van der Waals surface area contributed by atoms with E-state index < -0.39 is 0 Å². The number of hydrogen-bond acceptors (Lipinski definition) is 4. The fraction of sp³-hybridized carbons (Fsp3) is 0.412. The van der Waals surface area contributed by atoms with Gasteiger partial charge < -0.3 is 15.4 Å². The molecule has 23 heavy (non-hydrogen) atoms. The predicted octanol–water partition coefficient (Wildman–Crippen LogP) is 3.17. The molecule has 2 aromatic heterocycles. The molecule has 6 heteroatoms. The van der Waals surface area contributed by atoms with E-state index in [9.17, 15) is 4.79 Å². The van der Waals surface area contributed by atoms with Crippen LogP contribution in [0.3, 0.4) is 0 Å². The molecule has 122 valence electrons. The summed E-state index contributed by atoms with van der Waals surface area (Å²) in [7, 11) is 0. The molecule has 0 bridgehead atoms. The molecule has 2 aromatic rings. The largest absolute Gasteiger partial charge is 0.373 e. The smallest absolute Gasteiger partial charge is 0.315 e. The summed E-state index contributed by atoms with van der Waals surface area (Å²) in [5.74, 6) is 0. The molecule has 2 unspecified atom stereocenters. The second kappa shape index (κ2) is 7.57. The topological polar surface area (TPSA) is 63.2 Å². The van der Waals surface area contributed by atoms with E-state index in [1.165, 1.54) is 11.1 Å². The quantitative estimate of drug-likeness (QED) is 0.904. The molecule has 0 saturated carbocycles. The maximum Gasteiger partial charge on any atom is 0.315 e. The van der Waals surface area contributed by atoms with Gasteiger partial charge in [0.15, 0.2) is 0 Å². The standard InChI is InChI=1S/C17H21N3O2S/c1-12-10-23-11-14(12)9-19-17(21)20-15-4-6-22-16(7-15)13-3-2-5-18-8-13/h2-3,5,8,10-11,15-16H,4,6-7,9H2,1H3,(H2,19,20,21). The maximum atomic E-state index is 12.1. The van der Waals surface area contributed by atoms with Crippen molar-refractivity contribution in [3.63, 3.8) is 0 Å². The van der Waals surface area contributed by atoms with E-state index in [1.54, 1.807) is 17.5 Å². The highest BCUT2D eigenvalue weighted by Gasteiger charge is 2.25. The van der Waals surface area contributed by atoms with Gasteiger partial charge in [-0.1, -0.05) is 6.07 Å². The molecule has 2 amide bonds. The molecular formula is C17H21N3O2S. The van der Waals surface area contributed by atoms with Crippen molar-refractivity contribution in [3.05, 3.63) is 52.0 Å². The van der Waals surface area contributed by atoms with Crippen LogP contribution in [0.1, 0.15) is 35.6 Å². The molecule has 1 aliphatic rings. The van der Waals surface area contributed by atoms with E-state index in [0.717, 1.165) is 18.4 Å². The average molecular weight is 331 g/mol. The van der Waals surface area contributed by atoms with Crippen LogP contribution in [0, 0.1) is 6.92 Å². The predicted molar refractivity (Wildman–Crippen MR) is 90.4 cm³/mol. The number of urea groups is 1. The van der Waals surface area contributed by atoms with Gasteiger partial charge in [0, 0.05) is 31.6 Å². The number of nitrogens with one attached hydrogen (secondary N) is 2. The first-order chi connectivity index (χ1) is 11.2. The number of thiophene rings is 1. The minimum Gasteiger partial charge on any atom is -0.373 e. The van der Waals surface area contributed by atoms with Crippen LogP contribution in [-0.2, 0) is 11.3 Å². The molecule has 1 saturated heterocycles.